The molecule has 1 fully saturated rings. The zero-order valence-corrected chi connectivity index (χ0v) is 10.9. The number of nitrogens with one attached hydrogen (secondary N) is 1. The Balaban J connectivity index is 0.00000225. The van der Waals surface area contributed by atoms with Gasteiger partial charge >= 0.3 is 0 Å². The van der Waals surface area contributed by atoms with E-state index in [2.05, 4.69) is 11.9 Å². The summed E-state index contributed by atoms with van der Waals surface area (Å²) >= 11 is 0. The summed E-state index contributed by atoms with van der Waals surface area (Å²) in [4.78, 5) is 13.5. The van der Waals surface area contributed by atoms with Crippen LogP contribution in [0, 0.1) is 5.92 Å². The third kappa shape index (κ3) is 5.52. The molecule has 1 rings (SSSR count). The third-order valence-corrected chi connectivity index (χ3v) is 2.99. The lowest BCUT2D eigenvalue weighted by molar-refractivity contribution is -0.130. The van der Waals surface area contributed by atoms with Gasteiger partial charge in [0.1, 0.15) is 0 Å². The summed E-state index contributed by atoms with van der Waals surface area (Å²) in [6, 6.07) is 0. The Morgan fingerprint density at radius 2 is 2.25 bits per heavy atom. The van der Waals surface area contributed by atoms with E-state index in [0.717, 1.165) is 19.5 Å². The lowest BCUT2D eigenvalue weighted by Gasteiger charge is -2.19. The first-order valence-corrected chi connectivity index (χ1v) is 5.79. The predicted octanol–water partition coefficient (Wildman–Crippen LogP) is 1.83. The fourth-order valence-corrected chi connectivity index (χ4v) is 1.99. The minimum Gasteiger partial charge on any atom is -0.342 e. The number of rotatable bonds is 4. The van der Waals surface area contributed by atoms with Gasteiger partial charge in [-0.05, 0) is 38.3 Å². The maximum Gasteiger partial charge on any atom is 0.222 e. The van der Waals surface area contributed by atoms with E-state index in [0.29, 0.717) is 18.9 Å². The van der Waals surface area contributed by atoms with Gasteiger partial charge < -0.3 is 10.2 Å². The molecule has 0 aromatic heterocycles. The molecule has 0 spiro atoms. The number of hydrogen-bond donors (Lipinski definition) is 1. The number of amides is 1. The van der Waals surface area contributed by atoms with Crippen LogP contribution in [-0.2, 0) is 4.79 Å². The number of hydrogen-bond acceptors (Lipinski definition) is 2. The van der Waals surface area contributed by atoms with Gasteiger partial charge in [-0.25, -0.2) is 0 Å². The van der Waals surface area contributed by atoms with Crippen molar-refractivity contribution in [1.29, 1.82) is 0 Å². The van der Waals surface area contributed by atoms with Crippen molar-refractivity contribution in [3.05, 3.63) is 12.7 Å². The van der Waals surface area contributed by atoms with Crippen molar-refractivity contribution in [1.82, 2.24) is 10.2 Å². The molecule has 1 saturated heterocycles. The summed E-state index contributed by atoms with van der Waals surface area (Å²) in [5.74, 6) is 0.821. The minimum atomic E-state index is 0. The Morgan fingerprint density at radius 1 is 1.50 bits per heavy atom. The fourth-order valence-electron chi connectivity index (χ4n) is 1.99. The normalized spacial score (nSPS) is 20.4. The number of halogens is 1. The third-order valence-electron chi connectivity index (χ3n) is 2.99. The van der Waals surface area contributed by atoms with E-state index in [1.54, 1.807) is 11.0 Å². The van der Waals surface area contributed by atoms with Crippen LogP contribution in [-0.4, -0.2) is 37.5 Å². The summed E-state index contributed by atoms with van der Waals surface area (Å²) in [6.07, 6.45) is 5.98. The SMILES string of the molecule is C=CCN(C)C(=O)CC1CCCNCC1.Cl. The molecule has 1 aliphatic heterocycles. The molecule has 0 bridgehead atoms. The van der Waals surface area contributed by atoms with Crippen molar-refractivity contribution in [2.45, 2.75) is 25.7 Å². The standard InChI is InChI=1S/C12H22N2O.ClH/c1-3-9-14(2)12(15)10-11-5-4-7-13-8-6-11;/h3,11,13H,1,4-10H2,2H3;1H. The highest BCUT2D eigenvalue weighted by Crippen LogP contribution is 2.18. The summed E-state index contributed by atoms with van der Waals surface area (Å²) in [5.41, 5.74) is 0. The summed E-state index contributed by atoms with van der Waals surface area (Å²) in [6.45, 7) is 6.46. The van der Waals surface area contributed by atoms with Crippen molar-refractivity contribution in [3.8, 4) is 0 Å². The van der Waals surface area contributed by atoms with Crippen LogP contribution in [0.5, 0.6) is 0 Å². The van der Waals surface area contributed by atoms with Gasteiger partial charge in [-0.15, -0.1) is 19.0 Å². The van der Waals surface area contributed by atoms with Crippen molar-refractivity contribution >= 4 is 18.3 Å². The topological polar surface area (TPSA) is 32.3 Å². The average Bonchev–Trinajstić information content (AvgIpc) is 2.46. The van der Waals surface area contributed by atoms with E-state index in [4.69, 9.17) is 0 Å². The summed E-state index contributed by atoms with van der Waals surface area (Å²) < 4.78 is 0. The smallest absolute Gasteiger partial charge is 0.222 e. The van der Waals surface area contributed by atoms with Gasteiger partial charge in [0.15, 0.2) is 0 Å². The van der Waals surface area contributed by atoms with Crippen LogP contribution in [0.25, 0.3) is 0 Å². The van der Waals surface area contributed by atoms with E-state index >= 15 is 0 Å². The first kappa shape index (κ1) is 15.5. The van der Waals surface area contributed by atoms with Crippen LogP contribution in [0.3, 0.4) is 0 Å². The van der Waals surface area contributed by atoms with Gasteiger partial charge in [-0.2, -0.15) is 0 Å². The van der Waals surface area contributed by atoms with Crippen LogP contribution in [0.2, 0.25) is 0 Å². The second-order valence-electron chi connectivity index (χ2n) is 4.31. The number of carbonyl (C=O) groups is 1. The quantitative estimate of drug-likeness (QED) is 0.768. The molecule has 1 heterocycles. The largest absolute Gasteiger partial charge is 0.342 e. The van der Waals surface area contributed by atoms with Crippen LogP contribution < -0.4 is 5.32 Å². The van der Waals surface area contributed by atoms with Crippen LogP contribution in [0.15, 0.2) is 12.7 Å². The molecule has 94 valence electrons. The van der Waals surface area contributed by atoms with E-state index < -0.39 is 0 Å². The molecule has 0 saturated carbocycles. The monoisotopic (exact) mass is 246 g/mol. The van der Waals surface area contributed by atoms with E-state index in [1.807, 2.05) is 7.05 Å². The Hall–Kier alpha value is -0.540. The second-order valence-corrected chi connectivity index (χ2v) is 4.31. The zero-order valence-electron chi connectivity index (χ0n) is 10.1. The molecule has 0 radical (unpaired) electrons. The van der Waals surface area contributed by atoms with Crippen molar-refractivity contribution < 1.29 is 4.79 Å². The van der Waals surface area contributed by atoms with Gasteiger partial charge in [-0.3, -0.25) is 4.79 Å². The van der Waals surface area contributed by atoms with Gasteiger partial charge in [-0.1, -0.05) is 6.08 Å². The minimum absolute atomic E-state index is 0. The first-order valence-electron chi connectivity index (χ1n) is 5.79. The molecule has 0 aliphatic carbocycles. The highest BCUT2D eigenvalue weighted by atomic mass is 35.5. The summed E-state index contributed by atoms with van der Waals surface area (Å²) in [7, 11) is 1.85. The highest BCUT2D eigenvalue weighted by molar-refractivity contribution is 5.85. The highest BCUT2D eigenvalue weighted by Gasteiger charge is 2.17. The Morgan fingerprint density at radius 3 is 2.94 bits per heavy atom. The number of nitrogens with zero attached hydrogens (tertiary/aromatic N) is 1. The van der Waals surface area contributed by atoms with Crippen LogP contribution in [0.1, 0.15) is 25.7 Å². The Kier molecular flexibility index (Phi) is 8.30. The van der Waals surface area contributed by atoms with Gasteiger partial charge in [0.05, 0.1) is 0 Å². The molecule has 1 N–H and O–H groups in total. The Bertz CT molecular complexity index is 213. The second kappa shape index (κ2) is 8.59. The molecule has 0 aromatic rings. The van der Waals surface area contributed by atoms with Crippen LogP contribution >= 0.6 is 12.4 Å². The maximum absolute atomic E-state index is 11.8. The lowest BCUT2D eigenvalue weighted by Crippen LogP contribution is -2.28. The molecule has 1 atom stereocenters. The average molecular weight is 247 g/mol. The Labute approximate surface area is 105 Å². The summed E-state index contributed by atoms with van der Waals surface area (Å²) in [5, 5.41) is 3.36. The molecule has 3 nitrogen and oxygen atoms in total. The molecule has 16 heavy (non-hydrogen) atoms. The first-order chi connectivity index (χ1) is 7.24. The zero-order chi connectivity index (χ0) is 11.1. The predicted molar refractivity (Wildman–Crippen MR) is 69.9 cm³/mol. The molecule has 1 amide bonds. The molecular weight excluding hydrogens is 224 g/mol. The van der Waals surface area contributed by atoms with Gasteiger partial charge in [0.2, 0.25) is 5.91 Å². The van der Waals surface area contributed by atoms with Crippen molar-refractivity contribution in [3.63, 3.8) is 0 Å². The maximum atomic E-state index is 11.8. The number of carbonyl (C=O) groups excluding carboxylic acids is 1. The van der Waals surface area contributed by atoms with E-state index in [9.17, 15) is 4.79 Å². The van der Waals surface area contributed by atoms with Crippen LogP contribution in [0.4, 0.5) is 0 Å². The van der Waals surface area contributed by atoms with E-state index in [-0.39, 0.29) is 18.3 Å². The lowest BCUT2D eigenvalue weighted by atomic mass is 9.96. The van der Waals surface area contributed by atoms with Crippen molar-refractivity contribution in [2.75, 3.05) is 26.7 Å². The molecule has 1 unspecified atom stereocenters. The van der Waals surface area contributed by atoms with Gasteiger partial charge in [0, 0.05) is 20.0 Å². The van der Waals surface area contributed by atoms with Crippen molar-refractivity contribution in [2.24, 2.45) is 5.92 Å². The van der Waals surface area contributed by atoms with Gasteiger partial charge in [0.25, 0.3) is 0 Å². The molecule has 4 heteroatoms. The molecule has 1 aliphatic rings. The van der Waals surface area contributed by atoms with E-state index in [1.165, 1.54) is 12.8 Å². The molecule has 0 aromatic carbocycles. The number of likely N-dealkylation sites (N-methyl/N-ethyl adjacent to an activating group) is 1. The fraction of sp³-hybridized carbons (Fsp3) is 0.750. The molecular formula is C12H23ClN2O.